The molecule has 0 unspecified atom stereocenters. The Balaban J connectivity index is 1.78. The molecule has 33 heavy (non-hydrogen) atoms. The van der Waals surface area contributed by atoms with Crippen molar-refractivity contribution in [3.05, 3.63) is 99.7 Å². The van der Waals surface area contributed by atoms with Gasteiger partial charge in [-0.15, -0.1) is 0 Å². The van der Waals surface area contributed by atoms with Gasteiger partial charge < -0.3 is 5.32 Å². The lowest BCUT2D eigenvalue weighted by Gasteiger charge is -2.21. The summed E-state index contributed by atoms with van der Waals surface area (Å²) in [6, 6.07) is 20.7. The SMILES string of the molecule is Cc1ccc(C2=C(Nc3ccc(C)c(Cl)c3)C(=O)N(c3ccc(C(C)(C)C)cc3)C2=O)cc1. The van der Waals surface area contributed by atoms with Crippen molar-refractivity contribution in [2.24, 2.45) is 0 Å². The Bertz CT molecular complexity index is 1270. The van der Waals surface area contributed by atoms with E-state index < -0.39 is 5.91 Å². The summed E-state index contributed by atoms with van der Waals surface area (Å²) in [4.78, 5) is 28.4. The zero-order chi connectivity index (χ0) is 23.9. The van der Waals surface area contributed by atoms with E-state index in [1.807, 2.05) is 74.5 Å². The van der Waals surface area contributed by atoms with Crippen molar-refractivity contribution in [1.82, 2.24) is 0 Å². The van der Waals surface area contributed by atoms with Crippen LogP contribution in [0.3, 0.4) is 0 Å². The molecule has 4 rings (SSSR count). The fourth-order valence-electron chi connectivity index (χ4n) is 3.79. The average Bonchev–Trinajstić information content (AvgIpc) is 3.00. The predicted octanol–water partition coefficient (Wildman–Crippen LogP) is 6.65. The molecule has 0 spiro atoms. The highest BCUT2D eigenvalue weighted by molar-refractivity contribution is 6.46. The van der Waals surface area contributed by atoms with Gasteiger partial charge in [0.25, 0.3) is 11.8 Å². The van der Waals surface area contributed by atoms with Crippen molar-refractivity contribution in [2.75, 3.05) is 10.2 Å². The van der Waals surface area contributed by atoms with Crippen LogP contribution in [0.25, 0.3) is 5.57 Å². The quantitative estimate of drug-likeness (QED) is 0.445. The van der Waals surface area contributed by atoms with Crippen LogP contribution >= 0.6 is 11.6 Å². The summed E-state index contributed by atoms with van der Waals surface area (Å²) in [7, 11) is 0. The minimum atomic E-state index is -0.393. The molecule has 5 heteroatoms. The second kappa shape index (κ2) is 8.53. The zero-order valence-electron chi connectivity index (χ0n) is 19.5. The Morgan fingerprint density at radius 1 is 0.818 bits per heavy atom. The third kappa shape index (κ3) is 4.44. The lowest BCUT2D eigenvalue weighted by molar-refractivity contribution is -0.120. The maximum atomic E-state index is 13.6. The van der Waals surface area contributed by atoms with Gasteiger partial charge in [0.1, 0.15) is 5.70 Å². The van der Waals surface area contributed by atoms with Crippen LogP contribution in [0.4, 0.5) is 11.4 Å². The molecule has 2 amide bonds. The molecule has 3 aromatic rings. The molecule has 168 valence electrons. The molecule has 3 aromatic carbocycles. The molecule has 0 saturated heterocycles. The van der Waals surface area contributed by atoms with E-state index in [9.17, 15) is 9.59 Å². The normalized spacial score (nSPS) is 14.3. The summed E-state index contributed by atoms with van der Waals surface area (Å²) in [6.07, 6.45) is 0. The van der Waals surface area contributed by atoms with E-state index in [2.05, 4.69) is 26.1 Å². The monoisotopic (exact) mass is 458 g/mol. The van der Waals surface area contributed by atoms with Crippen LogP contribution in [-0.4, -0.2) is 11.8 Å². The van der Waals surface area contributed by atoms with Gasteiger partial charge in [-0.25, -0.2) is 4.90 Å². The maximum Gasteiger partial charge on any atom is 0.282 e. The first-order valence-electron chi connectivity index (χ1n) is 10.9. The van der Waals surface area contributed by atoms with E-state index >= 15 is 0 Å². The highest BCUT2D eigenvalue weighted by Crippen LogP contribution is 2.35. The van der Waals surface area contributed by atoms with Crippen molar-refractivity contribution in [3.8, 4) is 0 Å². The number of carbonyl (C=O) groups excluding carboxylic acids is 2. The van der Waals surface area contributed by atoms with Crippen LogP contribution in [0.2, 0.25) is 5.02 Å². The first-order chi connectivity index (χ1) is 15.6. The highest BCUT2D eigenvalue weighted by Gasteiger charge is 2.40. The maximum absolute atomic E-state index is 13.6. The fourth-order valence-corrected chi connectivity index (χ4v) is 3.97. The van der Waals surface area contributed by atoms with E-state index in [1.165, 1.54) is 4.90 Å². The molecule has 0 aromatic heterocycles. The number of rotatable bonds is 4. The summed E-state index contributed by atoms with van der Waals surface area (Å²) in [5, 5.41) is 3.76. The first-order valence-corrected chi connectivity index (χ1v) is 11.3. The second-order valence-electron chi connectivity index (χ2n) is 9.45. The number of amides is 2. The highest BCUT2D eigenvalue weighted by atomic mass is 35.5. The van der Waals surface area contributed by atoms with Crippen LogP contribution in [0.1, 0.15) is 43.0 Å². The molecule has 1 aliphatic rings. The van der Waals surface area contributed by atoms with Gasteiger partial charge in [-0.05, 0) is 60.2 Å². The molecule has 1 heterocycles. The molecular formula is C28H27ClN2O2. The number of halogens is 1. The molecule has 0 bridgehead atoms. The van der Waals surface area contributed by atoms with Crippen molar-refractivity contribution < 1.29 is 9.59 Å². The molecule has 4 nitrogen and oxygen atoms in total. The van der Waals surface area contributed by atoms with Crippen LogP contribution < -0.4 is 10.2 Å². The number of imide groups is 1. The number of nitrogens with zero attached hydrogens (tertiary/aromatic N) is 1. The Labute approximate surface area is 199 Å². The van der Waals surface area contributed by atoms with Crippen LogP contribution in [-0.2, 0) is 15.0 Å². The van der Waals surface area contributed by atoms with Crippen molar-refractivity contribution in [1.29, 1.82) is 0 Å². The van der Waals surface area contributed by atoms with Gasteiger partial charge in [0.15, 0.2) is 0 Å². The molecule has 1 aliphatic heterocycles. The molecule has 0 aliphatic carbocycles. The third-order valence-electron chi connectivity index (χ3n) is 5.86. The number of anilines is 2. The average molecular weight is 459 g/mol. The summed E-state index contributed by atoms with van der Waals surface area (Å²) in [5.74, 6) is -0.746. The number of benzene rings is 3. The van der Waals surface area contributed by atoms with Gasteiger partial charge in [0, 0.05) is 10.7 Å². The van der Waals surface area contributed by atoms with Gasteiger partial charge in [0.2, 0.25) is 0 Å². The second-order valence-corrected chi connectivity index (χ2v) is 9.85. The van der Waals surface area contributed by atoms with E-state index in [-0.39, 0.29) is 17.0 Å². The van der Waals surface area contributed by atoms with E-state index in [1.54, 1.807) is 6.07 Å². The topological polar surface area (TPSA) is 49.4 Å². The first kappa shape index (κ1) is 22.8. The van der Waals surface area contributed by atoms with Gasteiger partial charge in [0.05, 0.1) is 11.3 Å². The Hall–Kier alpha value is -3.37. The van der Waals surface area contributed by atoms with Gasteiger partial charge in [-0.2, -0.15) is 0 Å². The van der Waals surface area contributed by atoms with E-state index in [4.69, 9.17) is 11.6 Å². The third-order valence-corrected chi connectivity index (χ3v) is 6.26. The van der Waals surface area contributed by atoms with Crippen molar-refractivity contribution in [3.63, 3.8) is 0 Å². The molecule has 0 fully saturated rings. The molecule has 1 N–H and O–H groups in total. The van der Waals surface area contributed by atoms with Crippen LogP contribution in [0, 0.1) is 13.8 Å². The summed E-state index contributed by atoms with van der Waals surface area (Å²) >= 11 is 6.29. The zero-order valence-corrected chi connectivity index (χ0v) is 20.2. The summed E-state index contributed by atoms with van der Waals surface area (Å²) < 4.78 is 0. The summed E-state index contributed by atoms with van der Waals surface area (Å²) in [5.41, 5.74) is 5.58. The number of carbonyl (C=O) groups is 2. The predicted molar refractivity (Wildman–Crippen MR) is 136 cm³/mol. The van der Waals surface area contributed by atoms with Crippen molar-refractivity contribution in [2.45, 2.75) is 40.0 Å². The fraction of sp³-hybridized carbons (Fsp3) is 0.214. The minimum absolute atomic E-state index is 0.0275. The molecule has 0 saturated carbocycles. The number of hydrogen-bond acceptors (Lipinski definition) is 3. The van der Waals surface area contributed by atoms with Gasteiger partial charge in [-0.1, -0.05) is 80.4 Å². The van der Waals surface area contributed by atoms with Gasteiger partial charge in [-0.3, -0.25) is 9.59 Å². The Morgan fingerprint density at radius 3 is 2.03 bits per heavy atom. The minimum Gasteiger partial charge on any atom is -0.350 e. The Morgan fingerprint density at radius 2 is 1.45 bits per heavy atom. The van der Waals surface area contributed by atoms with Crippen molar-refractivity contribution >= 4 is 40.4 Å². The number of hydrogen-bond donors (Lipinski definition) is 1. The van der Waals surface area contributed by atoms with E-state index in [0.29, 0.717) is 27.5 Å². The summed E-state index contributed by atoms with van der Waals surface area (Å²) in [6.45, 7) is 10.3. The standard InChI is InChI=1S/C28H27ClN2O2/c1-17-6-9-19(10-7-17)24-25(30-21-13-8-18(2)23(29)16-21)27(33)31(26(24)32)22-14-11-20(12-15-22)28(3,4)5/h6-16,30H,1-5H3. The van der Waals surface area contributed by atoms with Gasteiger partial charge >= 0.3 is 0 Å². The molecule has 0 radical (unpaired) electrons. The van der Waals surface area contributed by atoms with Crippen LogP contribution in [0.15, 0.2) is 72.4 Å². The van der Waals surface area contributed by atoms with E-state index in [0.717, 1.165) is 16.7 Å². The number of nitrogens with one attached hydrogen (secondary N) is 1. The molecular weight excluding hydrogens is 432 g/mol. The number of aryl methyl sites for hydroxylation is 2. The largest absolute Gasteiger partial charge is 0.350 e. The lowest BCUT2D eigenvalue weighted by Crippen LogP contribution is -2.32. The molecule has 0 atom stereocenters. The Kier molecular flexibility index (Phi) is 5.89. The van der Waals surface area contributed by atoms with Crippen LogP contribution in [0.5, 0.6) is 0 Å². The lowest BCUT2D eigenvalue weighted by atomic mass is 9.87. The smallest absolute Gasteiger partial charge is 0.282 e.